The minimum atomic E-state index is -0.554. The molecule has 0 aromatic heterocycles. The zero-order chi connectivity index (χ0) is 14.3. The van der Waals surface area contributed by atoms with E-state index in [0.29, 0.717) is 12.0 Å². The Hall–Kier alpha value is -1.04. The first-order chi connectivity index (χ1) is 9.10. The van der Waals surface area contributed by atoms with E-state index in [1.165, 1.54) is 12.1 Å². The fourth-order valence-corrected chi connectivity index (χ4v) is 2.08. The van der Waals surface area contributed by atoms with E-state index in [4.69, 9.17) is 5.84 Å². The number of hydrogen-bond donors (Lipinski definition) is 2. The third kappa shape index (κ3) is 5.22. The van der Waals surface area contributed by atoms with Crippen molar-refractivity contribution in [3.63, 3.8) is 0 Å². The van der Waals surface area contributed by atoms with Gasteiger partial charge >= 0.3 is 0 Å². The molecule has 0 bridgehead atoms. The molecule has 1 aromatic rings. The summed E-state index contributed by atoms with van der Waals surface area (Å²) < 4.78 is 26.4. The maximum atomic E-state index is 13.6. The van der Waals surface area contributed by atoms with Gasteiger partial charge in [-0.3, -0.25) is 11.3 Å². The summed E-state index contributed by atoms with van der Waals surface area (Å²) in [7, 11) is 0. The van der Waals surface area contributed by atoms with Gasteiger partial charge in [0.15, 0.2) is 0 Å². The summed E-state index contributed by atoms with van der Waals surface area (Å²) in [6, 6.07) is 3.65. The Morgan fingerprint density at radius 2 is 1.95 bits per heavy atom. The maximum Gasteiger partial charge on any atom is 0.129 e. The van der Waals surface area contributed by atoms with Crippen LogP contribution < -0.4 is 11.3 Å². The highest BCUT2D eigenvalue weighted by Gasteiger charge is 2.12. The lowest BCUT2D eigenvalue weighted by Gasteiger charge is -2.22. The van der Waals surface area contributed by atoms with E-state index in [-0.39, 0.29) is 6.04 Å². The molecule has 0 aliphatic heterocycles. The van der Waals surface area contributed by atoms with Gasteiger partial charge in [-0.2, -0.15) is 0 Å². The van der Waals surface area contributed by atoms with Crippen molar-refractivity contribution >= 4 is 0 Å². The van der Waals surface area contributed by atoms with Crippen molar-refractivity contribution in [3.8, 4) is 0 Å². The maximum absolute atomic E-state index is 13.6. The van der Waals surface area contributed by atoms with Crippen molar-refractivity contribution in [2.75, 3.05) is 19.6 Å². The Balaban J connectivity index is 2.56. The average Bonchev–Trinajstić information content (AvgIpc) is 2.41. The van der Waals surface area contributed by atoms with E-state index in [1.807, 2.05) is 0 Å². The monoisotopic (exact) mass is 271 g/mol. The normalized spacial score (nSPS) is 12.9. The first-order valence-corrected chi connectivity index (χ1v) is 6.73. The molecule has 0 fully saturated rings. The molecule has 0 amide bonds. The summed E-state index contributed by atoms with van der Waals surface area (Å²) in [6.07, 6.45) is 1.29. The number of nitrogens with zero attached hydrogens (tertiary/aromatic N) is 1. The van der Waals surface area contributed by atoms with Crippen LogP contribution in [0, 0.1) is 11.6 Å². The molecule has 108 valence electrons. The topological polar surface area (TPSA) is 41.3 Å². The summed E-state index contributed by atoms with van der Waals surface area (Å²) in [5, 5.41) is 0. The minimum absolute atomic E-state index is 0.0134. The summed E-state index contributed by atoms with van der Waals surface area (Å²) >= 11 is 0. The molecule has 19 heavy (non-hydrogen) atoms. The van der Waals surface area contributed by atoms with Crippen molar-refractivity contribution in [3.05, 3.63) is 35.4 Å². The van der Waals surface area contributed by atoms with E-state index in [0.717, 1.165) is 32.1 Å². The first-order valence-electron chi connectivity index (χ1n) is 6.73. The van der Waals surface area contributed by atoms with Crippen LogP contribution in [-0.4, -0.2) is 30.6 Å². The molecule has 0 radical (unpaired) electrons. The molecule has 0 aliphatic carbocycles. The number of nitrogens with one attached hydrogen (secondary N) is 1. The van der Waals surface area contributed by atoms with Crippen molar-refractivity contribution in [2.45, 2.75) is 32.7 Å². The molecule has 0 heterocycles. The van der Waals surface area contributed by atoms with Gasteiger partial charge in [0.05, 0.1) is 0 Å². The molecule has 5 heteroatoms. The van der Waals surface area contributed by atoms with Crippen LogP contribution in [0.15, 0.2) is 18.2 Å². The van der Waals surface area contributed by atoms with Gasteiger partial charge in [0, 0.05) is 12.1 Å². The molecule has 1 rings (SSSR count). The molecule has 0 aliphatic rings. The van der Waals surface area contributed by atoms with Crippen LogP contribution in [0.4, 0.5) is 8.78 Å². The third-order valence-electron chi connectivity index (χ3n) is 3.41. The van der Waals surface area contributed by atoms with Crippen molar-refractivity contribution in [1.29, 1.82) is 0 Å². The van der Waals surface area contributed by atoms with Crippen LogP contribution in [-0.2, 0) is 6.42 Å². The lowest BCUT2D eigenvalue weighted by atomic mass is 10.0. The summed E-state index contributed by atoms with van der Waals surface area (Å²) in [4.78, 5) is 2.28. The summed E-state index contributed by atoms with van der Waals surface area (Å²) in [5.41, 5.74) is 3.20. The van der Waals surface area contributed by atoms with E-state index < -0.39 is 11.6 Å². The summed E-state index contributed by atoms with van der Waals surface area (Å²) in [6.45, 7) is 7.09. The second-order valence-corrected chi connectivity index (χ2v) is 4.62. The Morgan fingerprint density at radius 1 is 1.26 bits per heavy atom. The van der Waals surface area contributed by atoms with Gasteiger partial charge in [-0.1, -0.05) is 19.9 Å². The number of rotatable bonds is 8. The number of hydrogen-bond acceptors (Lipinski definition) is 3. The van der Waals surface area contributed by atoms with Gasteiger partial charge in [-0.15, -0.1) is 0 Å². The highest BCUT2D eigenvalue weighted by atomic mass is 19.1. The van der Waals surface area contributed by atoms with Crippen LogP contribution in [0.3, 0.4) is 0 Å². The van der Waals surface area contributed by atoms with Crippen LogP contribution in [0.1, 0.15) is 25.8 Å². The van der Waals surface area contributed by atoms with Crippen molar-refractivity contribution < 1.29 is 8.78 Å². The molecular weight excluding hydrogens is 248 g/mol. The number of nitrogens with two attached hydrogens (primary N) is 1. The zero-order valence-electron chi connectivity index (χ0n) is 11.6. The standard InChI is InChI=1S/C14H23F2N3/c1-3-19(4-2)8-7-13(18-17)9-11-5-6-12(15)10-14(11)16/h5-6,10,13,18H,3-4,7-9,17H2,1-2H3. The first kappa shape index (κ1) is 16.0. The van der Waals surface area contributed by atoms with Crippen molar-refractivity contribution in [1.82, 2.24) is 10.3 Å². The third-order valence-corrected chi connectivity index (χ3v) is 3.41. The molecule has 1 unspecified atom stereocenters. The minimum Gasteiger partial charge on any atom is -0.304 e. The lowest BCUT2D eigenvalue weighted by Crippen LogP contribution is -2.40. The number of hydrazine groups is 1. The lowest BCUT2D eigenvalue weighted by molar-refractivity contribution is 0.280. The predicted octanol–water partition coefficient (Wildman–Crippen LogP) is 2.07. The molecule has 0 spiro atoms. The van der Waals surface area contributed by atoms with E-state index in [2.05, 4.69) is 24.2 Å². The predicted molar refractivity (Wildman–Crippen MR) is 73.6 cm³/mol. The second kappa shape index (κ2) is 8.19. The van der Waals surface area contributed by atoms with Crippen LogP contribution in [0.2, 0.25) is 0 Å². The van der Waals surface area contributed by atoms with E-state index in [9.17, 15) is 8.78 Å². The van der Waals surface area contributed by atoms with Gasteiger partial charge in [0.1, 0.15) is 11.6 Å². The highest BCUT2D eigenvalue weighted by molar-refractivity contribution is 5.19. The summed E-state index contributed by atoms with van der Waals surface area (Å²) in [5.74, 6) is 4.44. The second-order valence-electron chi connectivity index (χ2n) is 4.62. The van der Waals surface area contributed by atoms with Gasteiger partial charge in [0.25, 0.3) is 0 Å². The smallest absolute Gasteiger partial charge is 0.129 e. The van der Waals surface area contributed by atoms with Gasteiger partial charge in [-0.05, 0) is 44.1 Å². The average molecular weight is 271 g/mol. The van der Waals surface area contributed by atoms with Gasteiger partial charge in [-0.25, -0.2) is 8.78 Å². The SMILES string of the molecule is CCN(CC)CCC(Cc1ccc(F)cc1F)NN. The number of halogens is 2. The molecule has 3 N–H and O–H groups in total. The quantitative estimate of drug-likeness (QED) is 0.562. The largest absolute Gasteiger partial charge is 0.304 e. The molecule has 1 atom stereocenters. The molecule has 0 saturated carbocycles. The van der Waals surface area contributed by atoms with Crippen molar-refractivity contribution in [2.24, 2.45) is 5.84 Å². The van der Waals surface area contributed by atoms with Crippen LogP contribution in [0.25, 0.3) is 0 Å². The molecular formula is C14H23F2N3. The van der Waals surface area contributed by atoms with Gasteiger partial charge in [0.2, 0.25) is 0 Å². The molecule has 1 aromatic carbocycles. The molecule has 0 saturated heterocycles. The Bertz CT molecular complexity index is 381. The fourth-order valence-electron chi connectivity index (χ4n) is 2.08. The van der Waals surface area contributed by atoms with E-state index >= 15 is 0 Å². The highest BCUT2D eigenvalue weighted by Crippen LogP contribution is 2.13. The fraction of sp³-hybridized carbons (Fsp3) is 0.571. The molecule has 3 nitrogen and oxygen atoms in total. The van der Waals surface area contributed by atoms with Crippen LogP contribution >= 0.6 is 0 Å². The van der Waals surface area contributed by atoms with Gasteiger partial charge < -0.3 is 4.90 Å². The Kier molecular flexibility index (Phi) is 6.91. The van der Waals surface area contributed by atoms with E-state index in [1.54, 1.807) is 0 Å². The Labute approximate surface area is 113 Å². The number of benzene rings is 1. The zero-order valence-corrected chi connectivity index (χ0v) is 11.6. The van der Waals surface area contributed by atoms with Crippen LogP contribution in [0.5, 0.6) is 0 Å². The Morgan fingerprint density at radius 3 is 2.47 bits per heavy atom.